The first-order chi connectivity index (χ1) is 17.2. The van der Waals surface area contributed by atoms with E-state index in [4.69, 9.17) is 4.74 Å². The maximum Gasteiger partial charge on any atom is 0.331 e. The van der Waals surface area contributed by atoms with Gasteiger partial charge < -0.3 is 20.1 Å². The molecule has 0 bridgehead atoms. The summed E-state index contributed by atoms with van der Waals surface area (Å²) >= 11 is 0. The van der Waals surface area contributed by atoms with Gasteiger partial charge in [-0.25, -0.2) is 4.79 Å². The Kier molecular flexibility index (Phi) is 7.53. The zero-order valence-electron chi connectivity index (χ0n) is 23.8. The third-order valence-electron chi connectivity index (χ3n) is 11.6. The van der Waals surface area contributed by atoms with Crippen LogP contribution in [0, 0.1) is 39.9 Å². The molecule has 4 fully saturated rings. The molecule has 6 heteroatoms. The van der Waals surface area contributed by atoms with Crippen LogP contribution in [0.3, 0.4) is 0 Å². The van der Waals surface area contributed by atoms with Gasteiger partial charge in [-0.3, -0.25) is 4.79 Å². The highest BCUT2D eigenvalue weighted by molar-refractivity contribution is 5.88. The van der Waals surface area contributed by atoms with Gasteiger partial charge in [-0.15, -0.1) is 0 Å². The van der Waals surface area contributed by atoms with Crippen LogP contribution < -0.4 is 0 Å². The molecule has 4 rings (SSSR count). The second-order valence-electron chi connectivity index (χ2n) is 13.6. The van der Waals surface area contributed by atoms with E-state index in [1.165, 1.54) is 6.92 Å². The molecule has 0 spiro atoms. The molecule has 6 nitrogen and oxygen atoms in total. The Bertz CT molecular complexity index is 994. The highest BCUT2D eigenvalue weighted by Crippen LogP contribution is 2.74. The molecule has 4 aliphatic rings. The summed E-state index contributed by atoms with van der Waals surface area (Å²) in [5.41, 5.74) is 1.57. The van der Waals surface area contributed by atoms with Crippen molar-refractivity contribution in [2.24, 2.45) is 39.9 Å². The molecule has 0 unspecified atom stereocenters. The number of aliphatic carboxylic acids is 1. The van der Waals surface area contributed by atoms with Gasteiger partial charge in [0, 0.05) is 12.5 Å². The number of fused-ring (bicyclic) bond motifs is 5. The molecule has 10 atom stereocenters. The lowest BCUT2D eigenvalue weighted by atomic mass is 9.36. The predicted molar refractivity (Wildman–Crippen MR) is 143 cm³/mol. The van der Waals surface area contributed by atoms with Crippen molar-refractivity contribution in [3.63, 3.8) is 0 Å². The minimum Gasteiger partial charge on any atom is -0.478 e. The SMILES string of the molecule is CC(=O)O[C@H]1C[C@@]2(C)[C@@H](C[C@@H](O)[C@H]3[C@@]4(C)CC[C@H](O)[C@@H](C)[C@H]4CC[C@@]32C)/C1=C(\CCC=C(C)C)C(=O)O. The van der Waals surface area contributed by atoms with Gasteiger partial charge in [-0.2, -0.15) is 0 Å². The molecule has 3 N–H and O–H groups in total. The molecule has 0 amide bonds. The third kappa shape index (κ3) is 4.40. The second kappa shape index (κ2) is 9.82. The van der Waals surface area contributed by atoms with Crippen LogP contribution in [0.25, 0.3) is 0 Å². The van der Waals surface area contributed by atoms with Gasteiger partial charge in [-0.05, 0) is 111 Å². The minimum atomic E-state index is -0.953. The van der Waals surface area contributed by atoms with Crippen molar-refractivity contribution in [2.45, 2.75) is 118 Å². The van der Waals surface area contributed by atoms with E-state index in [1.807, 2.05) is 19.9 Å². The summed E-state index contributed by atoms with van der Waals surface area (Å²) < 4.78 is 5.87. The van der Waals surface area contributed by atoms with Crippen molar-refractivity contribution in [1.29, 1.82) is 0 Å². The summed E-state index contributed by atoms with van der Waals surface area (Å²) in [4.78, 5) is 24.8. The molecule has 0 aromatic rings. The summed E-state index contributed by atoms with van der Waals surface area (Å²) in [6, 6.07) is 0. The van der Waals surface area contributed by atoms with Crippen LogP contribution in [0.1, 0.15) is 99.8 Å². The van der Waals surface area contributed by atoms with Gasteiger partial charge >= 0.3 is 11.9 Å². The van der Waals surface area contributed by atoms with Gasteiger partial charge in [0.25, 0.3) is 0 Å². The van der Waals surface area contributed by atoms with Crippen LogP contribution in [-0.2, 0) is 14.3 Å². The Hall–Kier alpha value is -1.66. The first kappa shape index (κ1) is 28.4. The molecule has 4 saturated carbocycles. The largest absolute Gasteiger partial charge is 0.478 e. The summed E-state index contributed by atoms with van der Waals surface area (Å²) in [7, 11) is 0. The summed E-state index contributed by atoms with van der Waals surface area (Å²) in [5.74, 6) is -0.909. The zero-order chi connectivity index (χ0) is 27.5. The quantitative estimate of drug-likeness (QED) is 0.247. The van der Waals surface area contributed by atoms with Crippen LogP contribution in [0.4, 0.5) is 0 Å². The number of aliphatic hydroxyl groups excluding tert-OH is 2. The van der Waals surface area contributed by atoms with E-state index in [0.29, 0.717) is 37.2 Å². The highest BCUT2D eigenvalue weighted by atomic mass is 16.5. The number of rotatable bonds is 5. The number of carboxylic acids is 1. The first-order valence-electron chi connectivity index (χ1n) is 14.3. The summed E-state index contributed by atoms with van der Waals surface area (Å²) in [6.45, 7) is 14.5. The highest BCUT2D eigenvalue weighted by Gasteiger charge is 2.70. The molecular weight excluding hydrogens is 468 g/mol. The molecule has 0 radical (unpaired) electrons. The van der Waals surface area contributed by atoms with Crippen molar-refractivity contribution in [3.05, 3.63) is 22.8 Å². The smallest absolute Gasteiger partial charge is 0.331 e. The summed E-state index contributed by atoms with van der Waals surface area (Å²) in [5, 5.41) is 32.9. The minimum absolute atomic E-state index is 0.0474. The number of ether oxygens (including phenoxy) is 1. The topological polar surface area (TPSA) is 104 Å². The fourth-order valence-electron chi connectivity index (χ4n) is 9.79. The van der Waals surface area contributed by atoms with Crippen LogP contribution in [-0.4, -0.2) is 45.6 Å². The zero-order valence-corrected chi connectivity index (χ0v) is 23.8. The molecule has 0 heterocycles. The van der Waals surface area contributed by atoms with E-state index in [1.54, 1.807) is 0 Å². The third-order valence-corrected chi connectivity index (χ3v) is 11.6. The van der Waals surface area contributed by atoms with Gasteiger partial charge in [0.05, 0.1) is 12.2 Å². The number of carbonyl (C=O) groups excluding carboxylic acids is 1. The van der Waals surface area contributed by atoms with E-state index in [2.05, 4.69) is 27.7 Å². The molecule has 37 heavy (non-hydrogen) atoms. The van der Waals surface area contributed by atoms with Crippen molar-refractivity contribution in [3.8, 4) is 0 Å². The molecule has 0 aromatic carbocycles. The lowest BCUT2D eigenvalue weighted by Gasteiger charge is -2.69. The number of hydrogen-bond acceptors (Lipinski definition) is 5. The molecule has 0 aliphatic heterocycles. The van der Waals surface area contributed by atoms with Gasteiger partial charge in [0.1, 0.15) is 6.10 Å². The lowest BCUT2D eigenvalue weighted by molar-refractivity contribution is -0.234. The van der Waals surface area contributed by atoms with Crippen molar-refractivity contribution in [1.82, 2.24) is 0 Å². The van der Waals surface area contributed by atoms with Crippen molar-refractivity contribution >= 4 is 11.9 Å². The fourth-order valence-corrected chi connectivity index (χ4v) is 9.79. The number of carbonyl (C=O) groups is 2. The van der Waals surface area contributed by atoms with E-state index >= 15 is 0 Å². The van der Waals surface area contributed by atoms with Gasteiger partial charge in [0.2, 0.25) is 0 Å². The first-order valence-corrected chi connectivity index (χ1v) is 14.3. The lowest BCUT2D eigenvalue weighted by Crippen LogP contribution is -2.65. The molecular formula is C31H48O6. The maximum atomic E-state index is 12.6. The van der Waals surface area contributed by atoms with Crippen LogP contribution in [0.2, 0.25) is 0 Å². The number of hydrogen-bond donors (Lipinski definition) is 3. The van der Waals surface area contributed by atoms with Gasteiger partial charge in [0.15, 0.2) is 0 Å². The Balaban J connectivity index is 1.82. The number of aliphatic hydroxyl groups is 2. The van der Waals surface area contributed by atoms with Crippen LogP contribution in [0.15, 0.2) is 22.8 Å². The standard InChI is InChI=1S/C31H48O6/c1-17(2)9-8-10-20(28(35)36)26-22-15-24(34)27-29(5)13-12-23(33)18(3)21(29)11-14-30(27,6)31(22,7)16-25(26)37-19(4)32/h9,18,21-25,27,33-34H,8,10-16H2,1-7H3,(H,35,36)/b26-20-/t18-,21+,22-,23-,24+,25-,27-,29-,30-,31-/m0/s1. The Morgan fingerprint density at radius 3 is 2.30 bits per heavy atom. The van der Waals surface area contributed by atoms with Gasteiger partial charge in [-0.1, -0.05) is 39.3 Å². The van der Waals surface area contributed by atoms with E-state index in [-0.39, 0.29) is 40.1 Å². The second-order valence-corrected chi connectivity index (χ2v) is 13.6. The fraction of sp³-hybridized carbons (Fsp3) is 0.806. The molecule has 208 valence electrons. The molecule has 4 aliphatic carbocycles. The Labute approximate surface area is 222 Å². The molecule has 0 aromatic heterocycles. The monoisotopic (exact) mass is 516 g/mol. The Morgan fingerprint density at radius 1 is 1.03 bits per heavy atom. The average Bonchev–Trinajstić information content (AvgIpc) is 3.05. The van der Waals surface area contributed by atoms with Crippen molar-refractivity contribution < 1.29 is 29.6 Å². The number of esters is 1. The number of allylic oxidation sites excluding steroid dienone is 2. The Morgan fingerprint density at radius 2 is 1.70 bits per heavy atom. The van der Waals surface area contributed by atoms with Crippen molar-refractivity contribution in [2.75, 3.05) is 0 Å². The average molecular weight is 517 g/mol. The molecule has 0 saturated heterocycles. The normalized spacial score (nSPS) is 46.2. The summed E-state index contributed by atoms with van der Waals surface area (Å²) in [6.07, 6.45) is 6.22. The van der Waals surface area contributed by atoms with E-state index in [9.17, 15) is 24.9 Å². The number of carboxylic acid groups (broad SMARTS) is 1. The predicted octanol–water partition coefficient (Wildman–Crippen LogP) is 5.67. The van der Waals surface area contributed by atoms with Crippen LogP contribution >= 0.6 is 0 Å². The maximum absolute atomic E-state index is 12.6. The van der Waals surface area contributed by atoms with E-state index < -0.39 is 24.1 Å². The van der Waals surface area contributed by atoms with E-state index in [0.717, 1.165) is 36.8 Å². The van der Waals surface area contributed by atoms with Crippen LogP contribution in [0.5, 0.6) is 0 Å².